The van der Waals surface area contributed by atoms with Gasteiger partial charge >= 0.3 is 0 Å². The molecule has 54 heavy (non-hydrogen) atoms. The number of anilines is 3. The third kappa shape index (κ3) is 5.16. The molecule has 0 unspecified atom stereocenters. The van der Waals surface area contributed by atoms with Crippen molar-refractivity contribution in [2.45, 2.75) is 52.4 Å². The van der Waals surface area contributed by atoms with Gasteiger partial charge in [0.25, 0.3) is 0 Å². The highest BCUT2D eigenvalue weighted by molar-refractivity contribution is 6.14. The molecule has 0 atom stereocenters. The minimum atomic E-state index is -0.0435. The number of fused-ring (bicyclic) bond motifs is 9. The second-order valence-electron chi connectivity index (χ2n) is 17.1. The number of nitrogens with zero attached hydrogens (tertiary/aromatic N) is 1. The average molecular weight is 698 g/mol. The van der Waals surface area contributed by atoms with Crippen LogP contribution >= 0.6 is 0 Å². The van der Waals surface area contributed by atoms with Crippen LogP contribution in [0.4, 0.5) is 17.1 Å². The van der Waals surface area contributed by atoms with Crippen molar-refractivity contribution in [1.29, 1.82) is 0 Å². The molecule has 0 radical (unpaired) electrons. The summed E-state index contributed by atoms with van der Waals surface area (Å²) in [6.45, 7) is 13.5. The van der Waals surface area contributed by atoms with E-state index in [0.717, 1.165) is 39.0 Å². The van der Waals surface area contributed by atoms with Gasteiger partial charge in [-0.25, -0.2) is 0 Å². The fraction of sp³-hybridized carbons (Fsp3) is 0.154. The summed E-state index contributed by atoms with van der Waals surface area (Å²) in [6, 6.07) is 56.0. The van der Waals surface area contributed by atoms with Crippen molar-refractivity contribution in [3.63, 3.8) is 0 Å². The molecule has 0 amide bonds. The van der Waals surface area contributed by atoms with Gasteiger partial charge in [-0.2, -0.15) is 0 Å². The molecule has 1 heterocycles. The minimum absolute atomic E-state index is 0.0435. The second-order valence-corrected chi connectivity index (χ2v) is 17.1. The lowest BCUT2D eigenvalue weighted by Gasteiger charge is -2.28. The Balaban J connectivity index is 1.07. The minimum Gasteiger partial charge on any atom is -0.454 e. The van der Waals surface area contributed by atoms with Gasteiger partial charge < -0.3 is 9.32 Å². The number of benzene rings is 8. The Morgan fingerprint density at radius 1 is 0.407 bits per heavy atom. The molecule has 0 spiro atoms. The molecule has 262 valence electrons. The molecule has 1 aliphatic rings. The third-order valence-corrected chi connectivity index (χ3v) is 11.4. The number of para-hydroxylation sites is 3. The maximum absolute atomic E-state index is 6.88. The van der Waals surface area contributed by atoms with E-state index in [9.17, 15) is 0 Å². The van der Waals surface area contributed by atoms with Crippen molar-refractivity contribution >= 4 is 60.5 Å². The summed E-state index contributed by atoms with van der Waals surface area (Å²) < 4.78 is 6.88. The van der Waals surface area contributed by atoms with Crippen LogP contribution in [-0.2, 0) is 10.8 Å². The smallest absolute Gasteiger partial charge is 0.159 e. The van der Waals surface area contributed by atoms with E-state index in [0.29, 0.717) is 0 Å². The zero-order valence-electron chi connectivity index (χ0n) is 31.8. The highest BCUT2D eigenvalue weighted by Gasteiger charge is 2.26. The summed E-state index contributed by atoms with van der Waals surface area (Å²) in [5.41, 5.74) is 15.6. The van der Waals surface area contributed by atoms with Gasteiger partial charge in [0.05, 0.1) is 5.69 Å². The van der Waals surface area contributed by atoms with Gasteiger partial charge in [0.1, 0.15) is 5.58 Å². The Kier molecular flexibility index (Phi) is 7.04. The summed E-state index contributed by atoms with van der Waals surface area (Å²) in [7, 11) is 0. The molecule has 0 aliphatic heterocycles. The Morgan fingerprint density at radius 3 is 1.63 bits per heavy atom. The van der Waals surface area contributed by atoms with Gasteiger partial charge in [0.15, 0.2) is 5.58 Å². The lowest BCUT2D eigenvalue weighted by atomic mass is 9.77. The zero-order valence-corrected chi connectivity index (χ0v) is 31.8. The summed E-state index contributed by atoms with van der Waals surface area (Å²) in [6.07, 6.45) is 0. The van der Waals surface area contributed by atoms with Gasteiger partial charge in [-0.1, -0.05) is 133 Å². The molecule has 1 aliphatic carbocycles. The first-order valence-corrected chi connectivity index (χ1v) is 19.1. The van der Waals surface area contributed by atoms with Crippen LogP contribution < -0.4 is 4.90 Å². The molecule has 2 heteroatoms. The summed E-state index contributed by atoms with van der Waals surface area (Å²) >= 11 is 0. The second kappa shape index (κ2) is 11.7. The van der Waals surface area contributed by atoms with E-state index in [1.54, 1.807) is 0 Å². The Hall–Kier alpha value is -6.12. The molecule has 0 N–H and O–H groups in total. The van der Waals surface area contributed by atoms with Crippen LogP contribution in [0.25, 0.3) is 76.9 Å². The first kappa shape index (κ1) is 32.5. The van der Waals surface area contributed by atoms with Gasteiger partial charge in [0.2, 0.25) is 0 Å². The molecule has 1 aromatic heterocycles. The zero-order chi connectivity index (χ0) is 36.9. The van der Waals surface area contributed by atoms with Crippen molar-refractivity contribution < 1.29 is 4.42 Å². The van der Waals surface area contributed by atoms with Crippen LogP contribution in [0.15, 0.2) is 156 Å². The first-order valence-electron chi connectivity index (χ1n) is 19.1. The van der Waals surface area contributed by atoms with Crippen LogP contribution in [0, 0.1) is 0 Å². The molecule has 9 aromatic rings. The van der Waals surface area contributed by atoms with Gasteiger partial charge in [0, 0.05) is 27.7 Å². The maximum atomic E-state index is 6.88. The summed E-state index contributed by atoms with van der Waals surface area (Å²) in [4.78, 5) is 2.34. The molecular formula is C52H43NO. The van der Waals surface area contributed by atoms with Crippen molar-refractivity contribution in [2.75, 3.05) is 4.90 Å². The molecule has 8 aromatic carbocycles. The molecular weight excluding hydrogens is 655 g/mol. The largest absolute Gasteiger partial charge is 0.454 e. The van der Waals surface area contributed by atoms with Crippen molar-refractivity contribution in [1.82, 2.24) is 0 Å². The molecule has 0 fully saturated rings. The van der Waals surface area contributed by atoms with Crippen LogP contribution in [0.1, 0.15) is 52.7 Å². The SMILES string of the molecule is CC(C)(C)c1ccc(-c2ccc3cc4c(cc3c2)-c2cc3cc(N(c5ccccc5)c5cccc6c5oc5c(C(C)(C)C)cccc56)ccc3cc2-4)cc1. The lowest BCUT2D eigenvalue weighted by molar-refractivity contribution is 0.573. The average Bonchev–Trinajstić information content (AvgIpc) is 3.56. The fourth-order valence-corrected chi connectivity index (χ4v) is 8.47. The van der Waals surface area contributed by atoms with Crippen LogP contribution in [-0.4, -0.2) is 0 Å². The number of hydrogen-bond donors (Lipinski definition) is 0. The Labute approximate surface area is 317 Å². The first-order chi connectivity index (χ1) is 26.0. The van der Waals surface area contributed by atoms with Crippen molar-refractivity contribution in [3.8, 4) is 33.4 Å². The normalized spacial score (nSPS) is 12.6. The van der Waals surface area contributed by atoms with Crippen LogP contribution in [0.3, 0.4) is 0 Å². The molecule has 0 saturated heterocycles. The van der Waals surface area contributed by atoms with Crippen LogP contribution in [0.5, 0.6) is 0 Å². The van der Waals surface area contributed by atoms with Gasteiger partial charge in [-0.15, -0.1) is 0 Å². The summed E-state index contributed by atoms with van der Waals surface area (Å²) in [5, 5.41) is 7.29. The number of hydrogen-bond acceptors (Lipinski definition) is 2. The molecule has 0 saturated carbocycles. The molecule has 2 nitrogen and oxygen atoms in total. The van der Waals surface area contributed by atoms with E-state index in [1.807, 2.05) is 0 Å². The fourth-order valence-electron chi connectivity index (χ4n) is 8.47. The van der Waals surface area contributed by atoms with Gasteiger partial charge in [-0.3, -0.25) is 0 Å². The van der Waals surface area contributed by atoms with E-state index >= 15 is 0 Å². The monoisotopic (exact) mass is 697 g/mol. The van der Waals surface area contributed by atoms with E-state index in [4.69, 9.17) is 4.42 Å². The topological polar surface area (TPSA) is 16.4 Å². The van der Waals surface area contributed by atoms with E-state index in [1.165, 1.54) is 66.1 Å². The molecule has 0 bridgehead atoms. The van der Waals surface area contributed by atoms with Crippen molar-refractivity contribution in [2.24, 2.45) is 0 Å². The number of furan rings is 1. The highest BCUT2D eigenvalue weighted by Crippen LogP contribution is 2.51. The Morgan fingerprint density at radius 2 is 0.981 bits per heavy atom. The van der Waals surface area contributed by atoms with Gasteiger partial charge in [-0.05, 0) is 132 Å². The molecule has 10 rings (SSSR count). The standard InChI is InChI=1S/C52H43NO/c1-51(2,3)38-23-20-32(21-24-38)33-18-19-34-28-43-44-29-35-22-25-40(27-37(35)31-46(44)45(43)30-36(34)26-33)53(39-12-8-7-9-13-39)48-17-11-15-42-41-14-10-16-47(52(4,5)6)49(41)54-50(42)48/h7-31H,1-6H3. The Bertz CT molecular complexity index is 2930. The lowest BCUT2D eigenvalue weighted by Crippen LogP contribution is -2.11. The predicted molar refractivity (Wildman–Crippen MR) is 231 cm³/mol. The van der Waals surface area contributed by atoms with E-state index in [-0.39, 0.29) is 10.8 Å². The van der Waals surface area contributed by atoms with Crippen molar-refractivity contribution in [3.05, 3.63) is 163 Å². The third-order valence-electron chi connectivity index (χ3n) is 11.4. The predicted octanol–water partition coefficient (Wildman–Crippen LogP) is 15.3. The summed E-state index contributed by atoms with van der Waals surface area (Å²) in [5.74, 6) is 0. The van der Waals surface area contributed by atoms with Crippen LogP contribution in [0.2, 0.25) is 0 Å². The highest BCUT2D eigenvalue weighted by atomic mass is 16.3. The van der Waals surface area contributed by atoms with E-state index < -0.39 is 0 Å². The quantitative estimate of drug-likeness (QED) is 0.182. The van der Waals surface area contributed by atoms with E-state index in [2.05, 4.69) is 198 Å². The number of rotatable bonds is 4. The maximum Gasteiger partial charge on any atom is 0.159 e.